The van der Waals surface area contributed by atoms with E-state index in [4.69, 9.17) is 5.73 Å². The average Bonchev–Trinajstić information content (AvgIpc) is 2.42. The Morgan fingerprint density at radius 3 is 2.85 bits per heavy atom. The number of carbonyl (C=O) groups is 1. The Morgan fingerprint density at radius 1 is 1.35 bits per heavy atom. The van der Waals surface area contributed by atoms with Crippen molar-refractivity contribution in [2.45, 2.75) is 38.0 Å². The third-order valence-electron chi connectivity index (χ3n) is 3.42. The highest BCUT2D eigenvalue weighted by atomic mass is 32.2. The van der Waals surface area contributed by atoms with Crippen LogP contribution in [0.1, 0.15) is 32.3 Å². The smallest absolute Gasteiger partial charge is 0.227 e. The van der Waals surface area contributed by atoms with E-state index in [2.05, 4.69) is 32.0 Å². The number of fused-ring (bicyclic) bond motifs is 1. The van der Waals surface area contributed by atoms with Crippen molar-refractivity contribution in [1.82, 2.24) is 0 Å². The van der Waals surface area contributed by atoms with Gasteiger partial charge in [0.1, 0.15) is 0 Å². The summed E-state index contributed by atoms with van der Waals surface area (Å²) in [5.41, 5.74) is 7.94. The number of benzene rings is 1. The number of aryl methyl sites for hydroxylation is 1. The highest BCUT2D eigenvalue weighted by molar-refractivity contribution is 7.99. The second kappa shape index (κ2) is 7.14. The van der Waals surface area contributed by atoms with E-state index in [9.17, 15) is 4.79 Å². The van der Waals surface area contributed by atoms with Gasteiger partial charge in [-0.3, -0.25) is 4.79 Å². The monoisotopic (exact) mass is 292 g/mol. The predicted octanol–water partition coefficient (Wildman–Crippen LogP) is 3.06. The first-order valence-corrected chi connectivity index (χ1v) is 8.36. The molecule has 0 bridgehead atoms. The molecule has 110 valence electrons. The fourth-order valence-electron chi connectivity index (χ4n) is 2.46. The van der Waals surface area contributed by atoms with Gasteiger partial charge >= 0.3 is 0 Å². The third-order valence-corrected chi connectivity index (χ3v) is 4.50. The molecule has 1 aromatic carbocycles. The molecule has 1 aromatic rings. The van der Waals surface area contributed by atoms with Crippen LogP contribution in [0, 0.1) is 5.92 Å². The Labute approximate surface area is 125 Å². The summed E-state index contributed by atoms with van der Waals surface area (Å²) in [7, 11) is 0. The molecule has 0 radical (unpaired) electrons. The van der Waals surface area contributed by atoms with Gasteiger partial charge in [-0.15, -0.1) is 11.8 Å². The Kier molecular flexibility index (Phi) is 5.49. The van der Waals surface area contributed by atoms with Crippen molar-refractivity contribution in [1.29, 1.82) is 0 Å². The van der Waals surface area contributed by atoms with E-state index in [0.717, 1.165) is 37.4 Å². The van der Waals surface area contributed by atoms with Crippen LogP contribution < -0.4 is 10.6 Å². The Morgan fingerprint density at radius 2 is 2.15 bits per heavy atom. The Balaban J connectivity index is 2.15. The predicted molar refractivity (Wildman–Crippen MR) is 86.3 cm³/mol. The van der Waals surface area contributed by atoms with Gasteiger partial charge in [-0.1, -0.05) is 13.8 Å². The van der Waals surface area contributed by atoms with Crippen LogP contribution in [-0.2, 0) is 11.2 Å². The molecule has 3 nitrogen and oxygen atoms in total. The molecule has 0 saturated heterocycles. The van der Waals surface area contributed by atoms with Crippen LogP contribution in [0.25, 0.3) is 0 Å². The van der Waals surface area contributed by atoms with Gasteiger partial charge < -0.3 is 10.6 Å². The molecule has 0 unspecified atom stereocenters. The van der Waals surface area contributed by atoms with Crippen molar-refractivity contribution >= 4 is 23.4 Å². The lowest BCUT2D eigenvalue weighted by Crippen LogP contribution is -2.37. The molecular formula is C16H24N2OS. The Hall–Kier alpha value is -1.00. The van der Waals surface area contributed by atoms with Gasteiger partial charge in [0.25, 0.3) is 0 Å². The maximum atomic E-state index is 12.1. The highest BCUT2D eigenvalue weighted by Gasteiger charge is 2.24. The minimum absolute atomic E-state index is 0.259. The molecule has 0 aliphatic carbocycles. The van der Waals surface area contributed by atoms with E-state index in [1.165, 1.54) is 10.5 Å². The van der Waals surface area contributed by atoms with Crippen molar-refractivity contribution in [3.05, 3.63) is 23.8 Å². The summed E-state index contributed by atoms with van der Waals surface area (Å²) in [6.45, 7) is 5.86. The molecule has 2 N–H and O–H groups in total. The van der Waals surface area contributed by atoms with Crippen LogP contribution in [0.2, 0.25) is 0 Å². The van der Waals surface area contributed by atoms with Crippen molar-refractivity contribution < 1.29 is 4.79 Å². The molecule has 0 fully saturated rings. The molecule has 1 aliphatic heterocycles. The van der Waals surface area contributed by atoms with Gasteiger partial charge in [0.2, 0.25) is 5.91 Å². The maximum Gasteiger partial charge on any atom is 0.227 e. The molecular weight excluding hydrogens is 268 g/mol. The number of hydrogen-bond donors (Lipinski definition) is 1. The van der Waals surface area contributed by atoms with Crippen molar-refractivity contribution in [2.75, 3.05) is 23.7 Å². The Bertz CT molecular complexity index is 474. The number of thioether (sulfide) groups is 1. The van der Waals surface area contributed by atoms with Crippen LogP contribution in [0.5, 0.6) is 0 Å². The second-order valence-corrected chi connectivity index (χ2v) is 6.85. The minimum Gasteiger partial charge on any atom is -0.330 e. The van der Waals surface area contributed by atoms with Gasteiger partial charge in [-0.2, -0.15) is 0 Å². The van der Waals surface area contributed by atoms with Crippen LogP contribution in [0.15, 0.2) is 23.1 Å². The lowest BCUT2D eigenvalue weighted by molar-refractivity contribution is -0.119. The van der Waals surface area contributed by atoms with Gasteiger partial charge in [0.15, 0.2) is 0 Å². The summed E-state index contributed by atoms with van der Waals surface area (Å²) in [4.78, 5) is 15.3. The van der Waals surface area contributed by atoms with Crippen LogP contribution in [0.3, 0.4) is 0 Å². The molecule has 0 aromatic heterocycles. The quantitative estimate of drug-likeness (QED) is 0.647. The van der Waals surface area contributed by atoms with Crippen LogP contribution >= 0.6 is 11.8 Å². The zero-order valence-electron chi connectivity index (χ0n) is 12.4. The molecule has 0 atom stereocenters. The molecule has 0 saturated carbocycles. The summed E-state index contributed by atoms with van der Waals surface area (Å²) >= 11 is 1.85. The SMILES string of the molecule is CC(C)CN1C(=O)CCc2cc(SCCCN)ccc21. The van der Waals surface area contributed by atoms with Crippen molar-refractivity contribution in [3.63, 3.8) is 0 Å². The zero-order valence-corrected chi connectivity index (χ0v) is 13.2. The lowest BCUT2D eigenvalue weighted by Gasteiger charge is -2.31. The first-order valence-electron chi connectivity index (χ1n) is 7.38. The van der Waals surface area contributed by atoms with Gasteiger partial charge in [-0.05, 0) is 54.8 Å². The van der Waals surface area contributed by atoms with E-state index in [0.29, 0.717) is 12.3 Å². The summed E-state index contributed by atoms with van der Waals surface area (Å²) in [5.74, 6) is 1.81. The van der Waals surface area contributed by atoms with Gasteiger partial charge in [0.05, 0.1) is 0 Å². The van der Waals surface area contributed by atoms with Gasteiger partial charge in [-0.25, -0.2) is 0 Å². The average molecular weight is 292 g/mol. The lowest BCUT2D eigenvalue weighted by atomic mass is 10.00. The molecule has 1 heterocycles. The number of nitrogens with zero attached hydrogens (tertiary/aromatic N) is 1. The van der Waals surface area contributed by atoms with E-state index in [1.54, 1.807) is 0 Å². The minimum atomic E-state index is 0.259. The molecule has 20 heavy (non-hydrogen) atoms. The number of carbonyl (C=O) groups excluding carboxylic acids is 1. The summed E-state index contributed by atoms with van der Waals surface area (Å²) in [6.07, 6.45) is 2.55. The first-order chi connectivity index (χ1) is 9.61. The highest BCUT2D eigenvalue weighted by Crippen LogP contribution is 2.32. The largest absolute Gasteiger partial charge is 0.330 e. The van der Waals surface area contributed by atoms with E-state index in [-0.39, 0.29) is 5.91 Å². The summed E-state index contributed by atoms with van der Waals surface area (Å²) in [5, 5.41) is 0. The topological polar surface area (TPSA) is 46.3 Å². The molecule has 4 heteroatoms. The maximum absolute atomic E-state index is 12.1. The van der Waals surface area contributed by atoms with Gasteiger partial charge in [0, 0.05) is 23.5 Å². The van der Waals surface area contributed by atoms with E-state index in [1.807, 2.05) is 16.7 Å². The summed E-state index contributed by atoms with van der Waals surface area (Å²) in [6, 6.07) is 6.49. The molecule has 0 spiro atoms. The fraction of sp³-hybridized carbons (Fsp3) is 0.562. The fourth-order valence-corrected chi connectivity index (χ4v) is 3.40. The number of anilines is 1. The van der Waals surface area contributed by atoms with Crippen molar-refractivity contribution in [3.8, 4) is 0 Å². The van der Waals surface area contributed by atoms with E-state index < -0.39 is 0 Å². The number of nitrogens with two attached hydrogens (primary N) is 1. The van der Waals surface area contributed by atoms with Crippen LogP contribution in [-0.4, -0.2) is 24.7 Å². The number of amides is 1. The summed E-state index contributed by atoms with van der Waals surface area (Å²) < 4.78 is 0. The first kappa shape index (κ1) is 15.4. The molecule has 2 rings (SSSR count). The third kappa shape index (κ3) is 3.76. The molecule has 1 amide bonds. The van der Waals surface area contributed by atoms with Crippen LogP contribution in [0.4, 0.5) is 5.69 Å². The number of rotatable bonds is 6. The standard InChI is InChI=1S/C16H24N2OS/c1-12(2)11-18-15-6-5-14(20-9-3-8-17)10-13(15)4-7-16(18)19/h5-6,10,12H,3-4,7-9,11,17H2,1-2H3. The second-order valence-electron chi connectivity index (χ2n) is 5.68. The zero-order chi connectivity index (χ0) is 14.5. The van der Waals surface area contributed by atoms with Crippen molar-refractivity contribution in [2.24, 2.45) is 11.7 Å². The normalized spacial score (nSPS) is 14.8. The molecule has 1 aliphatic rings. The van der Waals surface area contributed by atoms with E-state index >= 15 is 0 Å². The number of hydrogen-bond acceptors (Lipinski definition) is 3.